The van der Waals surface area contributed by atoms with Crippen molar-refractivity contribution in [2.75, 3.05) is 27.4 Å². The molecule has 0 bridgehead atoms. The van der Waals surface area contributed by atoms with Crippen molar-refractivity contribution in [3.05, 3.63) is 53.1 Å². The molecule has 1 amide bonds. The molecule has 2 rings (SSSR count). The van der Waals surface area contributed by atoms with Crippen molar-refractivity contribution < 1.29 is 19.0 Å². The van der Waals surface area contributed by atoms with Gasteiger partial charge in [-0.25, -0.2) is 0 Å². The van der Waals surface area contributed by atoms with Crippen molar-refractivity contribution in [1.29, 1.82) is 0 Å². The molecule has 2 aromatic carbocycles. The third-order valence-corrected chi connectivity index (χ3v) is 3.75. The van der Waals surface area contributed by atoms with Crippen LogP contribution in [0.3, 0.4) is 0 Å². The van der Waals surface area contributed by atoms with E-state index in [4.69, 9.17) is 14.2 Å². The lowest BCUT2D eigenvalue weighted by Gasteiger charge is -2.11. The maximum Gasteiger partial charge on any atom is 0.251 e. The number of benzene rings is 2. The van der Waals surface area contributed by atoms with Crippen LogP contribution in [0.15, 0.2) is 36.4 Å². The molecule has 5 nitrogen and oxygen atoms in total. The fourth-order valence-corrected chi connectivity index (χ4v) is 2.18. The molecule has 0 aliphatic carbocycles. The molecule has 128 valence electrons. The fraction of sp³-hybridized carbons (Fsp3) is 0.316. The Morgan fingerprint density at radius 3 is 2.12 bits per heavy atom. The van der Waals surface area contributed by atoms with E-state index >= 15 is 0 Å². The molecule has 5 heteroatoms. The molecule has 0 aliphatic heterocycles. The van der Waals surface area contributed by atoms with E-state index in [2.05, 4.69) is 5.32 Å². The first-order valence-corrected chi connectivity index (χ1v) is 7.75. The summed E-state index contributed by atoms with van der Waals surface area (Å²) in [4.78, 5) is 12.1. The van der Waals surface area contributed by atoms with Gasteiger partial charge < -0.3 is 19.5 Å². The predicted octanol–water partition coefficient (Wildman–Crippen LogP) is 3.13. The molecule has 2 aromatic rings. The van der Waals surface area contributed by atoms with Gasteiger partial charge in [0.25, 0.3) is 5.91 Å². The minimum absolute atomic E-state index is 0.107. The number of aryl methyl sites for hydroxylation is 2. The summed E-state index contributed by atoms with van der Waals surface area (Å²) < 4.78 is 16.0. The highest BCUT2D eigenvalue weighted by atomic mass is 16.5. The Balaban J connectivity index is 1.86. The Morgan fingerprint density at radius 2 is 1.54 bits per heavy atom. The van der Waals surface area contributed by atoms with E-state index in [1.54, 1.807) is 32.4 Å². The number of amides is 1. The van der Waals surface area contributed by atoms with Crippen LogP contribution in [-0.4, -0.2) is 33.3 Å². The Hall–Kier alpha value is -2.69. The molecule has 0 aromatic heterocycles. The van der Waals surface area contributed by atoms with Crippen LogP contribution < -0.4 is 19.5 Å². The van der Waals surface area contributed by atoms with Crippen molar-refractivity contribution in [2.24, 2.45) is 0 Å². The molecule has 0 fully saturated rings. The van der Waals surface area contributed by atoms with Crippen LogP contribution >= 0.6 is 0 Å². The molecule has 0 unspecified atom stereocenters. The molecular formula is C19H23NO4. The zero-order chi connectivity index (χ0) is 17.5. The van der Waals surface area contributed by atoms with Crippen LogP contribution in [0.4, 0.5) is 0 Å². The molecule has 0 heterocycles. The second-order valence-electron chi connectivity index (χ2n) is 5.45. The lowest BCUT2D eigenvalue weighted by molar-refractivity contribution is 0.0947. The maximum atomic E-state index is 12.1. The summed E-state index contributed by atoms with van der Waals surface area (Å²) in [7, 11) is 3.17. The standard InChI is InChI=1S/C19H23NO4/c1-13-5-6-15(9-14(13)2)19(21)20-7-8-24-18-11-16(22-3)10-17(12-18)23-4/h5-6,9-12H,7-8H2,1-4H3,(H,20,21). The van der Waals surface area contributed by atoms with Crippen molar-refractivity contribution in [2.45, 2.75) is 13.8 Å². The van der Waals surface area contributed by atoms with Crippen molar-refractivity contribution in [3.8, 4) is 17.2 Å². The highest BCUT2D eigenvalue weighted by Gasteiger charge is 2.07. The van der Waals surface area contributed by atoms with E-state index in [1.807, 2.05) is 32.0 Å². The third-order valence-electron chi connectivity index (χ3n) is 3.75. The largest absolute Gasteiger partial charge is 0.496 e. The van der Waals surface area contributed by atoms with Gasteiger partial charge in [0.05, 0.1) is 20.8 Å². The number of hydrogen-bond acceptors (Lipinski definition) is 4. The summed E-state index contributed by atoms with van der Waals surface area (Å²) in [5.41, 5.74) is 2.92. The average molecular weight is 329 g/mol. The van der Waals surface area contributed by atoms with Crippen LogP contribution in [0.25, 0.3) is 0 Å². The molecule has 0 saturated heterocycles. The van der Waals surface area contributed by atoms with E-state index in [0.29, 0.717) is 36.0 Å². The summed E-state index contributed by atoms with van der Waals surface area (Å²) in [6, 6.07) is 11.0. The highest BCUT2D eigenvalue weighted by Crippen LogP contribution is 2.27. The number of ether oxygens (including phenoxy) is 3. The fourth-order valence-electron chi connectivity index (χ4n) is 2.18. The second kappa shape index (κ2) is 8.24. The van der Waals surface area contributed by atoms with E-state index < -0.39 is 0 Å². The number of carbonyl (C=O) groups is 1. The van der Waals surface area contributed by atoms with E-state index in [9.17, 15) is 4.79 Å². The van der Waals surface area contributed by atoms with Gasteiger partial charge in [-0.05, 0) is 37.1 Å². The normalized spacial score (nSPS) is 10.2. The van der Waals surface area contributed by atoms with Crippen LogP contribution in [-0.2, 0) is 0 Å². The summed E-state index contributed by atoms with van der Waals surface area (Å²) in [6.07, 6.45) is 0. The molecule has 24 heavy (non-hydrogen) atoms. The zero-order valence-corrected chi connectivity index (χ0v) is 14.5. The topological polar surface area (TPSA) is 56.8 Å². The SMILES string of the molecule is COc1cc(OC)cc(OCCNC(=O)c2ccc(C)c(C)c2)c1. The van der Waals surface area contributed by atoms with Crippen LogP contribution in [0.2, 0.25) is 0 Å². The van der Waals surface area contributed by atoms with Gasteiger partial charge in [0.1, 0.15) is 23.9 Å². The first-order chi connectivity index (χ1) is 11.5. The van der Waals surface area contributed by atoms with Crippen molar-refractivity contribution in [1.82, 2.24) is 5.32 Å². The van der Waals surface area contributed by atoms with Crippen LogP contribution in [0.1, 0.15) is 21.5 Å². The van der Waals surface area contributed by atoms with Gasteiger partial charge in [0.2, 0.25) is 0 Å². The van der Waals surface area contributed by atoms with Gasteiger partial charge in [0.15, 0.2) is 0 Å². The lowest BCUT2D eigenvalue weighted by Crippen LogP contribution is -2.28. The second-order valence-corrected chi connectivity index (χ2v) is 5.45. The molecule has 0 saturated carbocycles. The third kappa shape index (κ3) is 4.65. The minimum Gasteiger partial charge on any atom is -0.496 e. The summed E-state index contributed by atoms with van der Waals surface area (Å²) >= 11 is 0. The van der Waals surface area contributed by atoms with Crippen LogP contribution in [0.5, 0.6) is 17.2 Å². The van der Waals surface area contributed by atoms with Gasteiger partial charge >= 0.3 is 0 Å². The Labute approximate surface area is 142 Å². The Morgan fingerprint density at radius 1 is 0.917 bits per heavy atom. The quantitative estimate of drug-likeness (QED) is 0.793. The van der Waals surface area contributed by atoms with E-state index in [1.165, 1.54) is 5.56 Å². The van der Waals surface area contributed by atoms with Gasteiger partial charge in [0, 0.05) is 23.8 Å². The van der Waals surface area contributed by atoms with Gasteiger partial charge in [-0.1, -0.05) is 6.07 Å². The molecule has 0 aliphatic rings. The van der Waals surface area contributed by atoms with Gasteiger partial charge in [-0.15, -0.1) is 0 Å². The van der Waals surface area contributed by atoms with E-state index in [0.717, 1.165) is 5.56 Å². The highest BCUT2D eigenvalue weighted by molar-refractivity contribution is 5.94. The first kappa shape index (κ1) is 17.7. The smallest absolute Gasteiger partial charge is 0.251 e. The Bertz CT molecular complexity index is 690. The molecule has 0 spiro atoms. The number of rotatable bonds is 7. The lowest BCUT2D eigenvalue weighted by atomic mass is 10.1. The molecule has 1 N–H and O–H groups in total. The summed E-state index contributed by atoms with van der Waals surface area (Å²) in [6.45, 7) is 4.77. The number of methoxy groups -OCH3 is 2. The van der Waals surface area contributed by atoms with Crippen LogP contribution in [0, 0.1) is 13.8 Å². The molecular weight excluding hydrogens is 306 g/mol. The predicted molar refractivity (Wildman–Crippen MR) is 93.3 cm³/mol. The van der Waals surface area contributed by atoms with Gasteiger partial charge in [-0.2, -0.15) is 0 Å². The number of hydrogen-bond donors (Lipinski definition) is 1. The average Bonchev–Trinajstić information content (AvgIpc) is 2.60. The molecule has 0 atom stereocenters. The zero-order valence-electron chi connectivity index (χ0n) is 14.5. The maximum absolute atomic E-state index is 12.1. The number of carbonyl (C=O) groups excluding carboxylic acids is 1. The first-order valence-electron chi connectivity index (χ1n) is 7.75. The summed E-state index contributed by atoms with van der Waals surface area (Å²) in [5.74, 6) is 1.84. The van der Waals surface area contributed by atoms with Crippen molar-refractivity contribution >= 4 is 5.91 Å². The Kier molecular flexibility index (Phi) is 6.07. The monoisotopic (exact) mass is 329 g/mol. The molecule has 0 radical (unpaired) electrons. The van der Waals surface area contributed by atoms with Gasteiger partial charge in [-0.3, -0.25) is 4.79 Å². The minimum atomic E-state index is -0.107. The number of nitrogens with one attached hydrogen (secondary N) is 1. The van der Waals surface area contributed by atoms with Crippen molar-refractivity contribution in [3.63, 3.8) is 0 Å². The van der Waals surface area contributed by atoms with E-state index in [-0.39, 0.29) is 5.91 Å². The summed E-state index contributed by atoms with van der Waals surface area (Å²) in [5, 5.41) is 2.85.